The van der Waals surface area contributed by atoms with Crippen LogP contribution in [0, 0.1) is 5.82 Å². The van der Waals surface area contributed by atoms with Gasteiger partial charge >= 0.3 is 0 Å². The van der Waals surface area contributed by atoms with Crippen LogP contribution in [0.4, 0.5) is 4.39 Å². The first kappa shape index (κ1) is 24.9. The molecule has 3 aromatic carbocycles. The molecule has 1 saturated heterocycles. The number of nitrogens with zero attached hydrogens (tertiary/aromatic N) is 3. The number of ether oxygens (including phenoxy) is 1. The highest BCUT2D eigenvalue weighted by Crippen LogP contribution is 2.36. The largest absolute Gasteiger partial charge is 0.489 e. The lowest BCUT2D eigenvalue weighted by Crippen LogP contribution is -2.34. The van der Waals surface area contributed by atoms with E-state index < -0.39 is 0 Å². The van der Waals surface area contributed by atoms with E-state index in [1.165, 1.54) is 17.8 Å². The quantitative estimate of drug-likeness (QED) is 0.193. The Morgan fingerprint density at radius 2 is 1.81 bits per heavy atom. The topological polar surface area (TPSA) is 47.4 Å². The standard InChI is InChI=1S/C29H24FN3O2S2/c1-19(2)33-28(34)26(37-29(33)36)16-22-17-32(23-11-4-3-5-12-23)31-27(22)20-10-8-13-24(15-20)35-18-21-9-6-7-14-25(21)30/h3-17,19H,18H2,1-2H3/b26-16-. The van der Waals surface area contributed by atoms with Crippen LogP contribution in [-0.2, 0) is 11.4 Å². The monoisotopic (exact) mass is 529 g/mol. The van der Waals surface area contributed by atoms with E-state index in [0.717, 1.165) is 16.8 Å². The predicted octanol–water partition coefficient (Wildman–Crippen LogP) is 6.87. The summed E-state index contributed by atoms with van der Waals surface area (Å²) < 4.78 is 22.3. The average molecular weight is 530 g/mol. The van der Waals surface area contributed by atoms with E-state index in [1.54, 1.807) is 27.8 Å². The van der Waals surface area contributed by atoms with Crippen molar-refractivity contribution in [3.8, 4) is 22.7 Å². The van der Waals surface area contributed by atoms with Crippen LogP contribution in [-0.4, -0.2) is 30.9 Å². The predicted molar refractivity (Wildman–Crippen MR) is 150 cm³/mol. The van der Waals surface area contributed by atoms with Gasteiger partial charge in [-0.05, 0) is 50.3 Å². The molecule has 1 aromatic heterocycles. The Bertz CT molecular complexity index is 1500. The summed E-state index contributed by atoms with van der Waals surface area (Å²) in [6, 6.07) is 23.8. The zero-order valence-electron chi connectivity index (χ0n) is 20.3. The minimum Gasteiger partial charge on any atom is -0.489 e. The van der Waals surface area contributed by atoms with Crippen LogP contribution in [0.2, 0.25) is 0 Å². The zero-order valence-corrected chi connectivity index (χ0v) is 21.9. The normalized spacial score (nSPS) is 14.7. The second-order valence-corrected chi connectivity index (χ2v) is 10.4. The van der Waals surface area contributed by atoms with Crippen LogP contribution >= 0.6 is 24.0 Å². The maximum atomic E-state index is 14.0. The average Bonchev–Trinajstić information content (AvgIpc) is 3.44. The van der Waals surface area contributed by atoms with Crippen molar-refractivity contribution in [2.24, 2.45) is 0 Å². The third-order valence-corrected chi connectivity index (χ3v) is 7.18. The Kier molecular flexibility index (Phi) is 7.21. The van der Waals surface area contributed by atoms with Gasteiger partial charge in [-0.1, -0.05) is 72.5 Å². The second kappa shape index (κ2) is 10.7. The molecule has 0 saturated carbocycles. The Labute approximate surface area is 224 Å². The highest BCUT2D eigenvalue weighted by molar-refractivity contribution is 8.26. The van der Waals surface area contributed by atoms with Crippen molar-refractivity contribution in [3.63, 3.8) is 0 Å². The Morgan fingerprint density at radius 3 is 2.54 bits per heavy atom. The third kappa shape index (κ3) is 5.35. The Hall–Kier alpha value is -3.75. The molecule has 0 N–H and O–H groups in total. The van der Waals surface area contributed by atoms with E-state index in [0.29, 0.717) is 26.2 Å². The van der Waals surface area contributed by atoms with Gasteiger partial charge in [0.1, 0.15) is 28.2 Å². The molecular weight excluding hydrogens is 505 g/mol. The molecule has 0 spiro atoms. The van der Waals surface area contributed by atoms with Gasteiger partial charge in [0.05, 0.1) is 10.6 Å². The molecule has 0 aliphatic carbocycles. The first-order valence-electron chi connectivity index (χ1n) is 11.8. The number of halogens is 1. The van der Waals surface area contributed by atoms with Gasteiger partial charge in [-0.25, -0.2) is 9.07 Å². The van der Waals surface area contributed by atoms with Gasteiger partial charge in [0.15, 0.2) is 0 Å². The van der Waals surface area contributed by atoms with Crippen LogP contribution in [0.1, 0.15) is 25.0 Å². The number of rotatable bonds is 7. The summed E-state index contributed by atoms with van der Waals surface area (Å²) in [5.74, 6) is 0.179. The number of thioether (sulfide) groups is 1. The number of hydrogen-bond donors (Lipinski definition) is 0. The first-order valence-corrected chi connectivity index (χ1v) is 13.0. The lowest BCUT2D eigenvalue weighted by Gasteiger charge is -2.18. The van der Waals surface area contributed by atoms with E-state index >= 15 is 0 Å². The molecule has 5 nitrogen and oxygen atoms in total. The molecule has 186 valence electrons. The molecule has 5 rings (SSSR count). The lowest BCUT2D eigenvalue weighted by atomic mass is 10.1. The third-order valence-electron chi connectivity index (χ3n) is 5.85. The Balaban J connectivity index is 1.52. The first-order chi connectivity index (χ1) is 17.9. The fourth-order valence-electron chi connectivity index (χ4n) is 4.01. The second-order valence-electron chi connectivity index (χ2n) is 8.77. The van der Waals surface area contributed by atoms with Gasteiger partial charge < -0.3 is 4.74 Å². The molecule has 0 radical (unpaired) electrons. The minimum atomic E-state index is -0.304. The van der Waals surface area contributed by atoms with Crippen LogP contribution in [0.5, 0.6) is 5.75 Å². The Morgan fingerprint density at radius 1 is 1.05 bits per heavy atom. The number of amides is 1. The fourth-order valence-corrected chi connectivity index (χ4v) is 5.52. The van der Waals surface area contributed by atoms with Crippen molar-refractivity contribution in [1.29, 1.82) is 0 Å². The number of thiocarbonyl (C=S) groups is 1. The molecule has 1 aliphatic heterocycles. The number of aromatic nitrogens is 2. The summed E-state index contributed by atoms with van der Waals surface area (Å²) in [7, 11) is 0. The molecule has 1 aliphatic rings. The van der Waals surface area contributed by atoms with E-state index in [1.807, 2.05) is 80.7 Å². The van der Waals surface area contributed by atoms with Crippen molar-refractivity contribution in [3.05, 3.63) is 107 Å². The van der Waals surface area contributed by atoms with Crippen molar-refractivity contribution in [2.45, 2.75) is 26.5 Å². The number of para-hydroxylation sites is 1. The lowest BCUT2D eigenvalue weighted by molar-refractivity contribution is -0.123. The van der Waals surface area contributed by atoms with Gasteiger partial charge in [0.2, 0.25) is 0 Å². The van der Waals surface area contributed by atoms with Crippen LogP contribution in [0.3, 0.4) is 0 Å². The number of benzene rings is 3. The van der Waals surface area contributed by atoms with Crippen LogP contribution in [0.15, 0.2) is 90.0 Å². The van der Waals surface area contributed by atoms with E-state index in [4.69, 9.17) is 22.1 Å². The summed E-state index contributed by atoms with van der Waals surface area (Å²) in [5, 5.41) is 4.85. The fraction of sp³-hybridized carbons (Fsp3) is 0.138. The summed E-state index contributed by atoms with van der Waals surface area (Å²) >= 11 is 6.75. The summed E-state index contributed by atoms with van der Waals surface area (Å²) in [5.41, 5.74) is 3.65. The van der Waals surface area contributed by atoms with Crippen molar-refractivity contribution in [1.82, 2.24) is 14.7 Å². The van der Waals surface area contributed by atoms with Gasteiger partial charge in [0.25, 0.3) is 5.91 Å². The van der Waals surface area contributed by atoms with E-state index in [2.05, 4.69) is 0 Å². The molecule has 8 heteroatoms. The SMILES string of the molecule is CC(C)N1C(=O)/C(=C/c2cn(-c3ccccc3)nc2-c2cccc(OCc3ccccc3F)c2)SC1=S. The number of carbonyl (C=O) groups excluding carboxylic acids is 1. The van der Waals surface area contributed by atoms with Crippen LogP contribution < -0.4 is 4.74 Å². The van der Waals surface area contributed by atoms with Crippen molar-refractivity contribution >= 4 is 40.3 Å². The molecule has 1 fully saturated rings. The summed E-state index contributed by atoms with van der Waals surface area (Å²) in [6.07, 6.45) is 3.75. The van der Waals surface area contributed by atoms with Crippen molar-refractivity contribution < 1.29 is 13.9 Å². The number of carbonyl (C=O) groups is 1. The molecule has 1 amide bonds. The molecular formula is C29H24FN3O2S2. The molecule has 0 atom stereocenters. The van der Waals surface area contributed by atoms with Gasteiger partial charge in [-0.2, -0.15) is 5.10 Å². The maximum Gasteiger partial charge on any atom is 0.266 e. The maximum absolute atomic E-state index is 14.0. The molecule has 0 bridgehead atoms. The smallest absolute Gasteiger partial charge is 0.266 e. The van der Waals surface area contributed by atoms with Crippen molar-refractivity contribution in [2.75, 3.05) is 0 Å². The summed E-state index contributed by atoms with van der Waals surface area (Å²) in [4.78, 5) is 15.2. The molecule has 37 heavy (non-hydrogen) atoms. The van der Waals surface area contributed by atoms with Gasteiger partial charge in [0, 0.05) is 28.9 Å². The molecule has 4 aromatic rings. The summed E-state index contributed by atoms with van der Waals surface area (Å²) in [6.45, 7) is 4.00. The van der Waals surface area contributed by atoms with E-state index in [-0.39, 0.29) is 24.4 Å². The zero-order chi connectivity index (χ0) is 25.9. The van der Waals surface area contributed by atoms with Crippen LogP contribution in [0.25, 0.3) is 23.0 Å². The minimum absolute atomic E-state index is 0.0202. The van der Waals surface area contributed by atoms with Gasteiger partial charge in [-0.3, -0.25) is 9.69 Å². The number of hydrogen-bond acceptors (Lipinski definition) is 5. The highest BCUT2D eigenvalue weighted by Gasteiger charge is 2.34. The highest BCUT2D eigenvalue weighted by atomic mass is 32.2. The molecule has 2 heterocycles. The molecule has 0 unspecified atom stereocenters. The van der Waals surface area contributed by atoms with E-state index in [9.17, 15) is 9.18 Å². The van der Waals surface area contributed by atoms with Gasteiger partial charge in [-0.15, -0.1) is 0 Å².